The number of nitrogens with one attached hydrogen (secondary N) is 2. The maximum Gasteiger partial charge on any atom is 0.278 e. The predicted molar refractivity (Wildman–Crippen MR) is 74.5 cm³/mol. The molecule has 1 aromatic carbocycles. The second-order valence-electron chi connectivity index (χ2n) is 4.33. The first kappa shape index (κ1) is 13.6. The quantitative estimate of drug-likeness (QED) is 0.853. The minimum atomic E-state index is -3.57. The number of unbranched alkanes of at least 4 members (excludes halogenated alkanes) is 1. The Hall–Kier alpha value is -1.82. The van der Waals surface area contributed by atoms with Crippen LogP contribution in [0.25, 0.3) is 0 Å². The third kappa shape index (κ3) is 3.57. The Labute approximate surface area is 113 Å². The lowest BCUT2D eigenvalue weighted by atomic mass is 10.1. The van der Waals surface area contributed by atoms with E-state index < -0.39 is 10.0 Å². The minimum Gasteiger partial charge on any atom is -0.278 e. The summed E-state index contributed by atoms with van der Waals surface area (Å²) in [7, 11) is -3.57. The number of hydrogen-bond acceptors (Lipinski definition) is 3. The number of aryl methyl sites for hydroxylation is 1. The van der Waals surface area contributed by atoms with Crippen molar-refractivity contribution in [2.45, 2.75) is 31.2 Å². The van der Waals surface area contributed by atoms with E-state index in [0.29, 0.717) is 5.69 Å². The molecule has 1 heterocycles. The largest absolute Gasteiger partial charge is 0.278 e. The Balaban J connectivity index is 2.07. The normalized spacial score (nSPS) is 11.4. The fourth-order valence-corrected chi connectivity index (χ4v) is 2.69. The van der Waals surface area contributed by atoms with E-state index in [1.807, 2.05) is 12.1 Å². The number of rotatable bonds is 6. The van der Waals surface area contributed by atoms with Crippen molar-refractivity contribution >= 4 is 15.7 Å². The van der Waals surface area contributed by atoms with Crippen LogP contribution in [-0.2, 0) is 16.4 Å². The summed E-state index contributed by atoms with van der Waals surface area (Å²) in [4.78, 5) is 0. The van der Waals surface area contributed by atoms with Crippen LogP contribution in [0.5, 0.6) is 0 Å². The van der Waals surface area contributed by atoms with Gasteiger partial charge in [-0.1, -0.05) is 25.5 Å². The van der Waals surface area contributed by atoms with Crippen molar-refractivity contribution in [1.29, 1.82) is 0 Å². The van der Waals surface area contributed by atoms with Gasteiger partial charge in [0.1, 0.15) is 0 Å². The van der Waals surface area contributed by atoms with Crippen molar-refractivity contribution in [3.05, 3.63) is 42.1 Å². The molecule has 2 rings (SSSR count). The predicted octanol–water partition coefficient (Wildman–Crippen LogP) is 2.55. The molecule has 0 fully saturated rings. The molecule has 0 aliphatic rings. The van der Waals surface area contributed by atoms with Gasteiger partial charge in [-0.3, -0.25) is 9.82 Å². The molecule has 6 heteroatoms. The maximum absolute atomic E-state index is 11.9. The highest BCUT2D eigenvalue weighted by molar-refractivity contribution is 7.92. The topological polar surface area (TPSA) is 74.8 Å². The molecule has 0 saturated heterocycles. The Morgan fingerprint density at radius 3 is 2.53 bits per heavy atom. The summed E-state index contributed by atoms with van der Waals surface area (Å²) in [6, 6.07) is 8.86. The highest BCUT2D eigenvalue weighted by Crippen LogP contribution is 2.15. The Kier molecular flexibility index (Phi) is 4.21. The molecule has 102 valence electrons. The van der Waals surface area contributed by atoms with Gasteiger partial charge in [-0.25, -0.2) is 0 Å². The van der Waals surface area contributed by atoms with Crippen LogP contribution in [0.1, 0.15) is 25.3 Å². The molecule has 0 amide bonds. The first-order chi connectivity index (χ1) is 9.12. The standard InChI is InChI=1S/C13H17N3O2S/c1-2-3-4-11-5-7-12(8-6-11)16-19(17,18)13-9-10-14-15-13/h5-10,16H,2-4H2,1H3,(H,14,15). The fourth-order valence-electron chi connectivity index (χ4n) is 1.72. The van der Waals surface area contributed by atoms with Crippen molar-refractivity contribution in [2.75, 3.05) is 4.72 Å². The lowest BCUT2D eigenvalue weighted by molar-refractivity contribution is 0.597. The summed E-state index contributed by atoms with van der Waals surface area (Å²) in [6.45, 7) is 2.15. The van der Waals surface area contributed by atoms with Gasteiger partial charge < -0.3 is 0 Å². The molecular formula is C13H17N3O2S. The molecule has 0 spiro atoms. The molecular weight excluding hydrogens is 262 g/mol. The van der Waals surface area contributed by atoms with Crippen molar-refractivity contribution in [3.63, 3.8) is 0 Å². The average molecular weight is 279 g/mol. The third-order valence-electron chi connectivity index (χ3n) is 2.79. The first-order valence-corrected chi connectivity index (χ1v) is 7.71. The monoisotopic (exact) mass is 279 g/mol. The van der Waals surface area contributed by atoms with Crippen LogP contribution in [0.2, 0.25) is 0 Å². The maximum atomic E-state index is 11.9. The zero-order valence-electron chi connectivity index (χ0n) is 10.8. The van der Waals surface area contributed by atoms with Gasteiger partial charge in [0.05, 0.1) is 6.20 Å². The highest BCUT2D eigenvalue weighted by atomic mass is 32.2. The molecule has 2 N–H and O–H groups in total. The van der Waals surface area contributed by atoms with E-state index in [0.717, 1.165) is 19.3 Å². The Morgan fingerprint density at radius 2 is 1.95 bits per heavy atom. The van der Waals surface area contributed by atoms with Gasteiger partial charge in [-0.2, -0.15) is 13.5 Å². The zero-order valence-corrected chi connectivity index (χ0v) is 11.6. The van der Waals surface area contributed by atoms with E-state index in [9.17, 15) is 8.42 Å². The lowest BCUT2D eigenvalue weighted by Gasteiger charge is -2.07. The Morgan fingerprint density at radius 1 is 1.21 bits per heavy atom. The van der Waals surface area contributed by atoms with Crippen molar-refractivity contribution < 1.29 is 8.42 Å². The van der Waals surface area contributed by atoms with Gasteiger partial charge in [0.25, 0.3) is 10.0 Å². The number of sulfonamides is 1. The average Bonchev–Trinajstić information content (AvgIpc) is 2.92. The molecule has 0 saturated carbocycles. The second-order valence-corrected chi connectivity index (χ2v) is 5.98. The Bertz CT molecular complexity index is 604. The van der Waals surface area contributed by atoms with Gasteiger partial charge in [0, 0.05) is 5.69 Å². The number of anilines is 1. The summed E-state index contributed by atoms with van der Waals surface area (Å²) in [5, 5.41) is 6.13. The van der Waals surface area contributed by atoms with E-state index in [4.69, 9.17) is 0 Å². The molecule has 0 unspecified atom stereocenters. The SMILES string of the molecule is CCCCc1ccc(NS(=O)(=O)c2ccn[nH]2)cc1. The molecule has 0 radical (unpaired) electrons. The number of hydrogen-bond donors (Lipinski definition) is 2. The zero-order chi connectivity index (χ0) is 13.7. The molecule has 0 aliphatic carbocycles. The molecule has 0 aliphatic heterocycles. The molecule has 0 bridgehead atoms. The van der Waals surface area contributed by atoms with E-state index in [-0.39, 0.29) is 5.03 Å². The first-order valence-electron chi connectivity index (χ1n) is 6.23. The van der Waals surface area contributed by atoms with Gasteiger partial charge in [0.2, 0.25) is 0 Å². The number of aromatic amines is 1. The van der Waals surface area contributed by atoms with E-state index in [2.05, 4.69) is 21.8 Å². The molecule has 5 nitrogen and oxygen atoms in total. The summed E-state index contributed by atoms with van der Waals surface area (Å²) >= 11 is 0. The van der Waals surface area contributed by atoms with Crippen LogP contribution in [0.15, 0.2) is 41.6 Å². The number of aromatic nitrogens is 2. The molecule has 0 atom stereocenters. The van der Waals surface area contributed by atoms with E-state index in [1.54, 1.807) is 12.1 Å². The molecule has 1 aromatic heterocycles. The smallest absolute Gasteiger partial charge is 0.278 e. The summed E-state index contributed by atoms with van der Waals surface area (Å²) in [5.74, 6) is 0. The van der Waals surface area contributed by atoms with Crippen LogP contribution in [0, 0.1) is 0 Å². The minimum absolute atomic E-state index is 0.0579. The van der Waals surface area contributed by atoms with Crippen molar-refractivity contribution in [2.24, 2.45) is 0 Å². The number of benzene rings is 1. The van der Waals surface area contributed by atoms with Crippen molar-refractivity contribution in [1.82, 2.24) is 10.2 Å². The lowest BCUT2D eigenvalue weighted by Crippen LogP contribution is -2.13. The number of nitrogens with zero attached hydrogens (tertiary/aromatic N) is 1. The van der Waals surface area contributed by atoms with Crippen LogP contribution in [-0.4, -0.2) is 18.6 Å². The van der Waals surface area contributed by atoms with Gasteiger partial charge >= 0.3 is 0 Å². The van der Waals surface area contributed by atoms with Gasteiger partial charge in [-0.15, -0.1) is 0 Å². The van der Waals surface area contributed by atoms with Crippen LogP contribution < -0.4 is 4.72 Å². The van der Waals surface area contributed by atoms with E-state index >= 15 is 0 Å². The summed E-state index contributed by atoms with van der Waals surface area (Å²) in [6.07, 6.45) is 4.71. The summed E-state index contributed by atoms with van der Waals surface area (Å²) in [5.41, 5.74) is 1.76. The number of H-pyrrole nitrogens is 1. The van der Waals surface area contributed by atoms with Gasteiger partial charge in [0.15, 0.2) is 5.03 Å². The van der Waals surface area contributed by atoms with Crippen LogP contribution in [0.4, 0.5) is 5.69 Å². The highest BCUT2D eigenvalue weighted by Gasteiger charge is 2.15. The molecule has 2 aromatic rings. The molecule has 19 heavy (non-hydrogen) atoms. The second kappa shape index (κ2) is 5.88. The van der Waals surface area contributed by atoms with Crippen molar-refractivity contribution in [3.8, 4) is 0 Å². The van der Waals surface area contributed by atoms with Crippen LogP contribution in [0.3, 0.4) is 0 Å². The van der Waals surface area contributed by atoms with Crippen LogP contribution >= 0.6 is 0 Å². The van der Waals surface area contributed by atoms with Gasteiger partial charge in [-0.05, 0) is 36.6 Å². The fraction of sp³-hybridized carbons (Fsp3) is 0.308. The van der Waals surface area contributed by atoms with E-state index in [1.165, 1.54) is 17.8 Å². The third-order valence-corrected chi connectivity index (χ3v) is 4.10. The summed E-state index contributed by atoms with van der Waals surface area (Å²) < 4.78 is 26.4.